The molecule has 0 aliphatic rings. The first-order valence-corrected chi connectivity index (χ1v) is 19.7. The molecule has 0 bridgehead atoms. The molecule has 0 aromatic rings. The van der Waals surface area contributed by atoms with Gasteiger partial charge in [0.25, 0.3) is 0 Å². The first-order chi connectivity index (χ1) is 22.7. The zero-order valence-electron chi connectivity index (χ0n) is 31.2. The van der Waals surface area contributed by atoms with Crippen molar-refractivity contribution < 1.29 is 18.9 Å². The summed E-state index contributed by atoms with van der Waals surface area (Å²) in [4.78, 5) is 0. The van der Waals surface area contributed by atoms with Crippen LogP contribution < -0.4 is 0 Å². The van der Waals surface area contributed by atoms with Crippen molar-refractivity contribution in [2.75, 3.05) is 27.1 Å². The minimum absolute atomic E-state index is 0.121. The fraction of sp³-hybridized carbons (Fsp3) is 0.810. The van der Waals surface area contributed by atoms with Gasteiger partial charge in [0.1, 0.15) is 6.79 Å². The van der Waals surface area contributed by atoms with Crippen molar-refractivity contribution in [2.24, 2.45) is 0 Å². The molecule has 4 heteroatoms. The molecule has 0 saturated carbocycles. The Morgan fingerprint density at radius 3 is 1.26 bits per heavy atom. The molecule has 0 N–H and O–H groups in total. The number of ether oxygens (including phenoxy) is 4. The Bertz CT molecular complexity index is 683. The van der Waals surface area contributed by atoms with Gasteiger partial charge >= 0.3 is 0 Å². The quantitative estimate of drug-likeness (QED) is 0.0382. The van der Waals surface area contributed by atoms with Gasteiger partial charge in [-0.3, -0.25) is 0 Å². The maximum atomic E-state index is 6.08. The van der Waals surface area contributed by atoms with E-state index in [1.807, 2.05) is 0 Å². The van der Waals surface area contributed by atoms with Gasteiger partial charge in [0.2, 0.25) is 0 Å². The molecule has 0 amide bonds. The SMILES string of the molecule is CCCCC/C=C\C/C=C\CCCCCCCCOC(C)C[C@@H](OCCCCCCCC/C=C\C/C=C\CCCCC)OCOC. The lowest BCUT2D eigenvalue weighted by Crippen LogP contribution is -2.25. The number of hydrogen-bond acceptors (Lipinski definition) is 4. The summed E-state index contributed by atoms with van der Waals surface area (Å²) in [7, 11) is 1.66. The highest BCUT2D eigenvalue weighted by atomic mass is 16.7. The van der Waals surface area contributed by atoms with Crippen molar-refractivity contribution in [3.63, 3.8) is 0 Å². The third-order valence-corrected chi connectivity index (χ3v) is 8.29. The van der Waals surface area contributed by atoms with Crippen LogP contribution in [-0.2, 0) is 18.9 Å². The van der Waals surface area contributed by atoms with Crippen molar-refractivity contribution >= 4 is 0 Å². The van der Waals surface area contributed by atoms with Crippen molar-refractivity contribution in [1.82, 2.24) is 0 Å². The molecule has 46 heavy (non-hydrogen) atoms. The van der Waals surface area contributed by atoms with Crippen LogP contribution in [0.1, 0.15) is 181 Å². The predicted octanol–water partition coefficient (Wildman–Crippen LogP) is 13.4. The molecular weight excluding hydrogens is 568 g/mol. The summed E-state index contributed by atoms with van der Waals surface area (Å²) < 4.78 is 23.1. The van der Waals surface area contributed by atoms with Crippen molar-refractivity contribution in [1.29, 1.82) is 0 Å². The van der Waals surface area contributed by atoms with Crippen LogP contribution in [0.4, 0.5) is 0 Å². The van der Waals surface area contributed by atoms with Gasteiger partial charge in [-0.15, -0.1) is 0 Å². The molecule has 0 aromatic heterocycles. The monoisotopic (exact) mass is 647 g/mol. The van der Waals surface area contributed by atoms with E-state index in [4.69, 9.17) is 18.9 Å². The first kappa shape index (κ1) is 44.8. The van der Waals surface area contributed by atoms with Gasteiger partial charge in [-0.25, -0.2) is 0 Å². The third-order valence-electron chi connectivity index (χ3n) is 8.29. The summed E-state index contributed by atoms with van der Waals surface area (Å²) in [6.45, 7) is 8.46. The lowest BCUT2D eigenvalue weighted by Gasteiger charge is -2.22. The highest BCUT2D eigenvalue weighted by molar-refractivity contribution is 4.93. The zero-order valence-corrected chi connectivity index (χ0v) is 31.2. The van der Waals surface area contributed by atoms with E-state index in [9.17, 15) is 0 Å². The van der Waals surface area contributed by atoms with Gasteiger partial charge in [-0.1, -0.05) is 140 Å². The van der Waals surface area contributed by atoms with Crippen LogP contribution in [-0.4, -0.2) is 39.5 Å². The average molecular weight is 647 g/mol. The van der Waals surface area contributed by atoms with E-state index in [1.165, 1.54) is 128 Å². The minimum atomic E-state index is -0.260. The van der Waals surface area contributed by atoms with Crippen molar-refractivity contribution in [2.45, 2.75) is 194 Å². The fourth-order valence-corrected chi connectivity index (χ4v) is 5.35. The fourth-order valence-electron chi connectivity index (χ4n) is 5.35. The summed E-state index contributed by atoms with van der Waals surface area (Å²) in [6, 6.07) is 0. The highest BCUT2D eigenvalue weighted by Crippen LogP contribution is 2.13. The second-order valence-corrected chi connectivity index (χ2v) is 13.0. The predicted molar refractivity (Wildman–Crippen MR) is 201 cm³/mol. The average Bonchev–Trinajstić information content (AvgIpc) is 3.06. The number of unbranched alkanes of at least 4 members (excludes halogenated alkanes) is 18. The number of rotatable bonds is 37. The molecule has 2 atom stereocenters. The van der Waals surface area contributed by atoms with Gasteiger partial charge in [-0.2, -0.15) is 0 Å². The molecule has 1 unspecified atom stereocenters. The molecule has 0 fully saturated rings. The van der Waals surface area contributed by atoms with E-state index < -0.39 is 0 Å². The highest BCUT2D eigenvalue weighted by Gasteiger charge is 2.15. The molecule has 0 radical (unpaired) electrons. The van der Waals surface area contributed by atoms with Gasteiger partial charge in [0.05, 0.1) is 6.10 Å². The van der Waals surface area contributed by atoms with E-state index in [0.29, 0.717) is 0 Å². The largest absolute Gasteiger partial charge is 0.378 e. The smallest absolute Gasteiger partial charge is 0.162 e. The lowest BCUT2D eigenvalue weighted by molar-refractivity contribution is -0.201. The molecule has 0 spiro atoms. The molecular formula is C42H78O4. The van der Waals surface area contributed by atoms with Gasteiger partial charge in [0.15, 0.2) is 6.29 Å². The Balaban J connectivity index is 3.68. The second-order valence-electron chi connectivity index (χ2n) is 13.0. The Morgan fingerprint density at radius 2 is 0.826 bits per heavy atom. The maximum Gasteiger partial charge on any atom is 0.162 e. The summed E-state index contributed by atoms with van der Waals surface area (Å²) in [6.07, 6.45) is 49.5. The molecule has 0 aromatic carbocycles. The van der Waals surface area contributed by atoms with Crippen LogP contribution in [0.15, 0.2) is 48.6 Å². The number of allylic oxidation sites excluding steroid dienone is 8. The minimum Gasteiger partial charge on any atom is -0.378 e. The van der Waals surface area contributed by atoms with Crippen LogP contribution in [0, 0.1) is 0 Å². The molecule has 270 valence electrons. The Hall–Kier alpha value is -1.20. The molecule has 0 heterocycles. The summed E-state index contributed by atoms with van der Waals surface area (Å²) in [5, 5.41) is 0. The Morgan fingerprint density at radius 1 is 0.435 bits per heavy atom. The second kappa shape index (κ2) is 40.0. The van der Waals surface area contributed by atoms with Crippen LogP contribution in [0.3, 0.4) is 0 Å². The standard InChI is InChI=1S/C42H78O4/c1-5-7-9-11-13-15-17-19-21-23-25-27-29-31-33-35-37-44-41(3)39-42(46-40-43-4)45-38-36-34-32-30-28-26-24-22-20-18-16-14-12-10-8-6-2/h13-16,19-22,41-42H,5-12,17-18,23-40H2,1-4H3/b15-13-,16-14-,21-19-,22-20-/t41?,42-/m0/s1. The zero-order chi connectivity index (χ0) is 33.4. The molecule has 0 rings (SSSR count). The van der Waals surface area contributed by atoms with Crippen molar-refractivity contribution in [3.8, 4) is 0 Å². The molecule has 0 aliphatic carbocycles. The van der Waals surface area contributed by atoms with Crippen LogP contribution in [0.5, 0.6) is 0 Å². The summed E-state index contributed by atoms with van der Waals surface area (Å²) in [5.41, 5.74) is 0. The van der Waals surface area contributed by atoms with E-state index >= 15 is 0 Å². The first-order valence-electron chi connectivity index (χ1n) is 19.7. The number of methoxy groups -OCH3 is 1. The van der Waals surface area contributed by atoms with Gasteiger partial charge < -0.3 is 18.9 Å². The molecule has 4 nitrogen and oxygen atoms in total. The van der Waals surface area contributed by atoms with E-state index in [-0.39, 0.29) is 19.2 Å². The number of hydrogen-bond donors (Lipinski definition) is 0. The summed E-state index contributed by atoms with van der Waals surface area (Å²) >= 11 is 0. The maximum absolute atomic E-state index is 6.08. The normalized spacial score (nSPS) is 13.7. The Kier molecular flexibility index (Phi) is 38.9. The van der Waals surface area contributed by atoms with Gasteiger partial charge in [-0.05, 0) is 84.0 Å². The summed E-state index contributed by atoms with van der Waals surface area (Å²) in [5.74, 6) is 0. The third kappa shape index (κ3) is 37.3. The Labute approximate surface area is 287 Å². The van der Waals surface area contributed by atoms with E-state index in [0.717, 1.165) is 45.3 Å². The topological polar surface area (TPSA) is 36.9 Å². The van der Waals surface area contributed by atoms with Gasteiger partial charge in [0, 0.05) is 26.7 Å². The van der Waals surface area contributed by atoms with E-state index in [1.54, 1.807) is 7.11 Å². The lowest BCUT2D eigenvalue weighted by atomic mass is 10.1. The molecule has 0 saturated heterocycles. The van der Waals surface area contributed by atoms with Crippen LogP contribution >= 0.6 is 0 Å². The van der Waals surface area contributed by atoms with Crippen LogP contribution in [0.2, 0.25) is 0 Å². The van der Waals surface area contributed by atoms with Crippen molar-refractivity contribution in [3.05, 3.63) is 48.6 Å². The molecule has 0 aliphatic heterocycles. The van der Waals surface area contributed by atoms with E-state index in [2.05, 4.69) is 69.4 Å². The van der Waals surface area contributed by atoms with Crippen LogP contribution in [0.25, 0.3) is 0 Å².